The predicted octanol–water partition coefficient (Wildman–Crippen LogP) is 5.61. The van der Waals surface area contributed by atoms with Crippen molar-refractivity contribution >= 4 is 23.2 Å². The summed E-state index contributed by atoms with van der Waals surface area (Å²) in [5, 5.41) is 3.02. The van der Waals surface area contributed by atoms with Crippen LogP contribution in [0.25, 0.3) is 0 Å². The van der Waals surface area contributed by atoms with Crippen LogP contribution in [0.3, 0.4) is 0 Å². The molecule has 2 aromatic carbocycles. The molecule has 1 N–H and O–H groups in total. The Morgan fingerprint density at radius 2 is 1.90 bits per heavy atom. The van der Waals surface area contributed by atoms with Crippen molar-refractivity contribution in [3.05, 3.63) is 53.6 Å². The van der Waals surface area contributed by atoms with E-state index < -0.39 is 6.10 Å². The number of anilines is 2. The third-order valence-corrected chi connectivity index (χ3v) is 6.55. The SMILES string of the molecule is Cc1ccccc1CN1C(=O)C(C)Oc2ccc(NC(=O)CCC3CCCCC3)cc21. The van der Waals surface area contributed by atoms with Gasteiger partial charge < -0.3 is 15.0 Å². The number of nitrogens with zero attached hydrogens (tertiary/aromatic N) is 1. The first-order chi connectivity index (χ1) is 15.0. The number of amides is 2. The summed E-state index contributed by atoms with van der Waals surface area (Å²) in [6, 6.07) is 13.6. The van der Waals surface area contributed by atoms with Gasteiger partial charge in [-0.15, -0.1) is 0 Å². The molecule has 4 rings (SSSR count). The van der Waals surface area contributed by atoms with E-state index in [0.717, 1.165) is 17.5 Å². The summed E-state index contributed by atoms with van der Waals surface area (Å²) in [4.78, 5) is 27.2. The van der Waals surface area contributed by atoms with E-state index in [1.807, 2.05) is 49.4 Å². The normalized spacial score (nSPS) is 19.0. The Morgan fingerprint density at radius 1 is 1.13 bits per heavy atom. The molecule has 1 fully saturated rings. The zero-order valence-electron chi connectivity index (χ0n) is 18.5. The standard InChI is InChI=1S/C26H32N2O3/c1-18-8-6-7-11-21(18)17-28-23-16-22(13-14-24(23)31-19(2)26(28)30)27-25(29)15-12-20-9-4-3-5-10-20/h6-8,11,13-14,16,19-20H,3-5,9-10,12,15,17H2,1-2H3,(H,27,29). The number of hydrogen-bond acceptors (Lipinski definition) is 3. The van der Waals surface area contributed by atoms with Gasteiger partial charge in [-0.2, -0.15) is 0 Å². The Bertz CT molecular complexity index is 949. The van der Waals surface area contributed by atoms with E-state index in [9.17, 15) is 9.59 Å². The maximum Gasteiger partial charge on any atom is 0.268 e. The Labute approximate surface area is 184 Å². The van der Waals surface area contributed by atoms with E-state index in [2.05, 4.69) is 5.32 Å². The van der Waals surface area contributed by atoms with Gasteiger partial charge in [-0.05, 0) is 55.5 Å². The quantitative estimate of drug-likeness (QED) is 0.661. The minimum Gasteiger partial charge on any atom is -0.479 e. The Hall–Kier alpha value is -2.82. The lowest BCUT2D eigenvalue weighted by Crippen LogP contribution is -2.44. The lowest BCUT2D eigenvalue weighted by atomic mass is 9.86. The molecule has 1 aliphatic carbocycles. The highest BCUT2D eigenvalue weighted by molar-refractivity contribution is 6.01. The van der Waals surface area contributed by atoms with Gasteiger partial charge in [0, 0.05) is 12.1 Å². The Balaban J connectivity index is 1.48. The average molecular weight is 421 g/mol. The zero-order valence-corrected chi connectivity index (χ0v) is 18.5. The predicted molar refractivity (Wildman–Crippen MR) is 123 cm³/mol. The van der Waals surface area contributed by atoms with Crippen LogP contribution in [0, 0.1) is 12.8 Å². The smallest absolute Gasteiger partial charge is 0.268 e. The van der Waals surface area contributed by atoms with Crippen molar-refractivity contribution in [2.45, 2.75) is 71.4 Å². The van der Waals surface area contributed by atoms with E-state index in [1.54, 1.807) is 11.8 Å². The maximum absolute atomic E-state index is 12.9. The van der Waals surface area contributed by atoms with Gasteiger partial charge in [-0.25, -0.2) is 0 Å². The second-order valence-corrected chi connectivity index (χ2v) is 8.88. The first-order valence-electron chi connectivity index (χ1n) is 11.5. The minimum absolute atomic E-state index is 0.0346. The van der Waals surface area contributed by atoms with Crippen molar-refractivity contribution in [3.8, 4) is 5.75 Å². The lowest BCUT2D eigenvalue weighted by Gasteiger charge is -2.33. The van der Waals surface area contributed by atoms with Crippen molar-refractivity contribution in [2.75, 3.05) is 10.2 Å². The number of carbonyl (C=O) groups excluding carboxylic acids is 2. The molecule has 1 unspecified atom stereocenters. The number of benzene rings is 2. The third kappa shape index (κ3) is 5.09. The second-order valence-electron chi connectivity index (χ2n) is 8.88. The molecule has 0 spiro atoms. The zero-order chi connectivity index (χ0) is 21.8. The molecule has 2 aliphatic rings. The second kappa shape index (κ2) is 9.54. The van der Waals surface area contributed by atoms with Crippen LogP contribution in [-0.4, -0.2) is 17.9 Å². The highest BCUT2D eigenvalue weighted by Gasteiger charge is 2.32. The molecule has 5 heteroatoms. The molecule has 1 saturated carbocycles. The van der Waals surface area contributed by atoms with Crippen molar-refractivity contribution in [3.63, 3.8) is 0 Å². The molecular formula is C26H32N2O3. The van der Waals surface area contributed by atoms with Crippen LogP contribution in [0.1, 0.15) is 63.0 Å². The van der Waals surface area contributed by atoms with E-state index >= 15 is 0 Å². The molecule has 2 amide bonds. The number of hydrogen-bond donors (Lipinski definition) is 1. The molecule has 0 radical (unpaired) electrons. The molecule has 164 valence electrons. The van der Waals surface area contributed by atoms with Crippen molar-refractivity contribution in [1.82, 2.24) is 0 Å². The van der Waals surface area contributed by atoms with E-state index in [1.165, 1.54) is 32.1 Å². The lowest BCUT2D eigenvalue weighted by molar-refractivity contribution is -0.125. The highest BCUT2D eigenvalue weighted by Crippen LogP contribution is 2.37. The van der Waals surface area contributed by atoms with Crippen LogP contribution < -0.4 is 15.0 Å². The molecule has 0 aromatic heterocycles. The first-order valence-corrected chi connectivity index (χ1v) is 11.5. The maximum atomic E-state index is 12.9. The van der Waals surface area contributed by atoms with Crippen LogP contribution >= 0.6 is 0 Å². The number of rotatable bonds is 6. The van der Waals surface area contributed by atoms with Gasteiger partial charge in [0.05, 0.1) is 12.2 Å². The summed E-state index contributed by atoms with van der Waals surface area (Å²) in [6.07, 6.45) is 7.37. The fourth-order valence-electron chi connectivity index (χ4n) is 4.64. The van der Waals surface area contributed by atoms with Crippen LogP contribution in [0.4, 0.5) is 11.4 Å². The summed E-state index contributed by atoms with van der Waals surface area (Å²) >= 11 is 0. The summed E-state index contributed by atoms with van der Waals surface area (Å²) in [7, 11) is 0. The summed E-state index contributed by atoms with van der Waals surface area (Å²) < 4.78 is 5.83. The van der Waals surface area contributed by atoms with Gasteiger partial charge in [0.2, 0.25) is 5.91 Å². The molecule has 0 bridgehead atoms. The Morgan fingerprint density at radius 3 is 2.68 bits per heavy atom. The Kier molecular flexibility index (Phi) is 6.59. The summed E-state index contributed by atoms with van der Waals surface area (Å²) in [6.45, 7) is 4.30. The fraction of sp³-hybridized carbons (Fsp3) is 0.462. The number of aryl methyl sites for hydroxylation is 1. The summed E-state index contributed by atoms with van der Waals surface area (Å²) in [5.41, 5.74) is 3.64. The van der Waals surface area contributed by atoms with Gasteiger partial charge >= 0.3 is 0 Å². The minimum atomic E-state index is -0.535. The van der Waals surface area contributed by atoms with Crippen LogP contribution in [0.2, 0.25) is 0 Å². The first kappa shape index (κ1) is 21.4. The number of nitrogens with one attached hydrogen (secondary N) is 1. The van der Waals surface area contributed by atoms with Crippen molar-refractivity contribution in [1.29, 1.82) is 0 Å². The van der Waals surface area contributed by atoms with Crippen LogP contribution in [-0.2, 0) is 16.1 Å². The molecule has 5 nitrogen and oxygen atoms in total. The van der Waals surface area contributed by atoms with Crippen molar-refractivity contribution in [2.24, 2.45) is 5.92 Å². The van der Waals surface area contributed by atoms with Gasteiger partial charge in [-0.1, -0.05) is 56.4 Å². The monoisotopic (exact) mass is 420 g/mol. The van der Waals surface area contributed by atoms with Gasteiger partial charge in [0.25, 0.3) is 5.91 Å². The number of ether oxygens (including phenoxy) is 1. The van der Waals surface area contributed by atoms with Gasteiger partial charge in [0.1, 0.15) is 5.75 Å². The number of carbonyl (C=O) groups is 2. The molecule has 1 atom stereocenters. The molecule has 1 heterocycles. The summed E-state index contributed by atoms with van der Waals surface area (Å²) in [5.74, 6) is 1.31. The molecule has 0 saturated heterocycles. The van der Waals surface area contributed by atoms with Gasteiger partial charge in [0.15, 0.2) is 6.10 Å². The highest BCUT2D eigenvalue weighted by atomic mass is 16.5. The van der Waals surface area contributed by atoms with E-state index in [-0.39, 0.29) is 11.8 Å². The van der Waals surface area contributed by atoms with Crippen LogP contribution in [0.5, 0.6) is 5.75 Å². The molecule has 1 aliphatic heterocycles. The molecular weight excluding hydrogens is 388 g/mol. The van der Waals surface area contributed by atoms with Gasteiger partial charge in [-0.3, -0.25) is 9.59 Å². The van der Waals surface area contributed by atoms with E-state index in [4.69, 9.17) is 4.74 Å². The van der Waals surface area contributed by atoms with Crippen molar-refractivity contribution < 1.29 is 14.3 Å². The van der Waals surface area contributed by atoms with Crippen LogP contribution in [0.15, 0.2) is 42.5 Å². The topological polar surface area (TPSA) is 58.6 Å². The third-order valence-electron chi connectivity index (χ3n) is 6.55. The fourth-order valence-corrected chi connectivity index (χ4v) is 4.64. The van der Waals surface area contributed by atoms with E-state index in [0.29, 0.717) is 36.0 Å². The largest absolute Gasteiger partial charge is 0.479 e. The molecule has 31 heavy (non-hydrogen) atoms. The molecule has 2 aromatic rings. The number of fused-ring (bicyclic) bond motifs is 1. The average Bonchev–Trinajstić information content (AvgIpc) is 2.78.